The minimum Gasteiger partial charge on any atom is -0.368 e. The number of carbonyl (C=O) groups excluding carboxylic acids is 4. The van der Waals surface area contributed by atoms with Crippen molar-refractivity contribution in [2.45, 2.75) is 45.7 Å². The molecule has 1 heterocycles. The van der Waals surface area contributed by atoms with Crippen molar-refractivity contribution in [3.05, 3.63) is 36.0 Å². The van der Waals surface area contributed by atoms with Crippen LogP contribution in [0.3, 0.4) is 0 Å². The van der Waals surface area contributed by atoms with Gasteiger partial charge in [0.25, 0.3) is 0 Å². The molecule has 4 amide bonds. The van der Waals surface area contributed by atoms with Crippen molar-refractivity contribution in [3.8, 4) is 0 Å². The van der Waals surface area contributed by atoms with Gasteiger partial charge in [-0.1, -0.05) is 38.5 Å². The maximum Gasteiger partial charge on any atom is 0.243 e. The summed E-state index contributed by atoms with van der Waals surface area (Å²) >= 11 is 0. The number of benzene rings is 1. The number of fused-ring (bicyclic) bond motifs is 1. The highest BCUT2D eigenvalue weighted by molar-refractivity contribution is 5.94. The first-order valence-corrected chi connectivity index (χ1v) is 9.91. The van der Waals surface area contributed by atoms with E-state index in [1.807, 2.05) is 38.1 Å². The van der Waals surface area contributed by atoms with Gasteiger partial charge in [-0.25, -0.2) is 0 Å². The second-order valence-electron chi connectivity index (χ2n) is 7.37. The summed E-state index contributed by atoms with van der Waals surface area (Å²) in [6.45, 7) is 4.73. The number of primary amides is 1. The average Bonchev–Trinajstić information content (AvgIpc) is 3.11. The Balaban J connectivity index is 2.20. The summed E-state index contributed by atoms with van der Waals surface area (Å²) < 4.78 is 0. The van der Waals surface area contributed by atoms with Crippen molar-refractivity contribution in [3.63, 3.8) is 0 Å². The number of aromatic nitrogens is 1. The number of hydrogen-bond acceptors (Lipinski definition) is 4. The minimum absolute atomic E-state index is 0.187. The summed E-state index contributed by atoms with van der Waals surface area (Å²) in [4.78, 5) is 51.3. The summed E-state index contributed by atoms with van der Waals surface area (Å²) in [5, 5.41) is 8.78. The third kappa shape index (κ3) is 6.07. The zero-order valence-corrected chi connectivity index (χ0v) is 17.5. The molecule has 6 N–H and O–H groups in total. The van der Waals surface area contributed by atoms with Gasteiger partial charge >= 0.3 is 0 Å². The molecular formula is C21H29N5O4. The Morgan fingerprint density at radius 2 is 1.80 bits per heavy atom. The second kappa shape index (κ2) is 10.4. The Morgan fingerprint density at radius 1 is 1.10 bits per heavy atom. The Hall–Kier alpha value is -3.36. The number of nitrogens with one attached hydrogen (secondary N) is 4. The molecule has 0 aliphatic carbocycles. The molecule has 1 aromatic heterocycles. The van der Waals surface area contributed by atoms with Crippen molar-refractivity contribution in [2.75, 3.05) is 6.54 Å². The SMILES string of the molecule is CC[C@H](C)[C@H](NC(=O)[C@H](Cc1c[nH]c2ccccc12)NC(C)=O)C(=O)NCC(N)=O. The Bertz CT molecular complexity index is 923. The van der Waals surface area contributed by atoms with Crippen LogP contribution in [-0.2, 0) is 25.6 Å². The van der Waals surface area contributed by atoms with Gasteiger partial charge in [-0.15, -0.1) is 0 Å². The number of H-pyrrole nitrogens is 1. The highest BCUT2D eigenvalue weighted by atomic mass is 16.2. The summed E-state index contributed by atoms with van der Waals surface area (Å²) in [6, 6.07) is 5.94. The molecule has 0 radical (unpaired) electrons. The molecule has 30 heavy (non-hydrogen) atoms. The molecular weight excluding hydrogens is 386 g/mol. The van der Waals surface area contributed by atoms with Crippen molar-refractivity contribution in [2.24, 2.45) is 11.7 Å². The summed E-state index contributed by atoms with van der Waals surface area (Å²) in [5.41, 5.74) is 6.88. The molecule has 3 atom stereocenters. The number of carbonyl (C=O) groups is 4. The Morgan fingerprint density at radius 3 is 2.43 bits per heavy atom. The smallest absolute Gasteiger partial charge is 0.243 e. The maximum absolute atomic E-state index is 13.0. The molecule has 0 aliphatic heterocycles. The van der Waals surface area contributed by atoms with Gasteiger partial charge in [-0.3, -0.25) is 19.2 Å². The number of nitrogens with two attached hydrogens (primary N) is 1. The van der Waals surface area contributed by atoms with E-state index in [1.165, 1.54) is 6.92 Å². The molecule has 2 rings (SSSR count). The lowest BCUT2D eigenvalue weighted by molar-refractivity contribution is -0.133. The van der Waals surface area contributed by atoms with Crippen LogP contribution in [0.4, 0.5) is 0 Å². The molecule has 2 aromatic rings. The molecule has 0 spiro atoms. The van der Waals surface area contributed by atoms with Gasteiger partial charge in [-0.05, 0) is 17.5 Å². The Labute approximate surface area is 175 Å². The van der Waals surface area contributed by atoms with Crippen LogP contribution >= 0.6 is 0 Å². The summed E-state index contributed by atoms with van der Waals surface area (Å²) in [6.07, 6.45) is 2.69. The van der Waals surface area contributed by atoms with E-state index in [-0.39, 0.29) is 24.8 Å². The third-order valence-electron chi connectivity index (χ3n) is 5.02. The molecule has 9 heteroatoms. The molecule has 9 nitrogen and oxygen atoms in total. The fourth-order valence-corrected chi connectivity index (χ4v) is 3.22. The van der Waals surface area contributed by atoms with E-state index < -0.39 is 29.8 Å². The van der Waals surface area contributed by atoms with Crippen LogP contribution in [-0.4, -0.2) is 47.2 Å². The molecule has 0 saturated heterocycles. The van der Waals surface area contributed by atoms with Crippen LogP contribution in [0, 0.1) is 5.92 Å². The zero-order chi connectivity index (χ0) is 22.3. The second-order valence-corrected chi connectivity index (χ2v) is 7.37. The predicted octanol–water partition coefficient (Wildman–Crippen LogP) is 0.348. The third-order valence-corrected chi connectivity index (χ3v) is 5.02. The largest absolute Gasteiger partial charge is 0.368 e. The molecule has 0 saturated carbocycles. The summed E-state index contributed by atoms with van der Waals surface area (Å²) in [7, 11) is 0. The predicted molar refractivity (Wildman–Crippen MR) is 113 cm³/mol. The van der Waals surface area contributed by atoms with Gasteiger partial charge in [0.1, 0.15) is 12.1 Å². The van der Waals surface area contributed by atoms with Crippen LogP contribution in [0.5, 0.6) is 0 Å². The maximum atomic E-state index is 13.0. The highest BCUT2D eigenvalue weighted by Crippen LogP contribution is 2.19. The molecule has 0 unspecified atom stereocenters. The summed E-state index contributed by atoms with van der Waals surface area (Å²) in [5.74, 6) is -2.19. The van der Waals surface area contributed by atoms with E-state index in [1.54, 1.807) is 6.20 Å². The monoisotopic (exact) mass is 415 g/mol. The number of para-hydroxylation sites is 1. The van der Waals surface area contributed by atoms with Crippen molar-refractivity contribution < 1.29 is 19.2 Å². The lowest BCUT2D eigenvalue weighted by Gasteiger charge is -2.26. The number of rotatable bonds is 10. The van der Waals surface area contributed by atoms with Crippen LogP contribution in [0.2, 0.25) is 0 Å². The topological polar surface area (TPSA) is 146 Å². The standard InChI is InChI=1S/C21H29N5O4/c1-4-12(2)19(21(30)24-11-18(22)28)26-20(29)17(25-13(3)27)9-14-10-23-16-8-6-5-7-15(14)16/h5-8,10,12,17,19,23H,4,9,11H2,1-3H3,(H2,22,28)(H,24,30)(H,25,27)(H,26,29)/t12-,17-,19-/m0/s1. The molecule has 1 aromatic carbocycles. The lowest BCUT2D eigenvalue weighted by atomic mass is 9.97. The van der Waals surface area contributed by atoms with E-state index in [4.69, 9.17) is 5.73 Å². The fraction of sp³-hybridized carbons (Fsp3) is 0.429. The van der Waals surface area contributed by atoms with Crippen LogP contribution < -0.4 is 21.7 Å². The fourth-order valence-electron chi connectivity index (χ4n) is 3.22. The van der Waals surface area contributed by atoms with Gasteiger partial charge in [0.05, 0.1) is 6.54 Å². The van der Waals surface area contributed by atoms with Crippen molar-refractivity contribution in [1.29, 1.82) is 0 Å². The first-order valence-electron chi connectivity index (χ1n) is 9.91. The quantitative estimate of drug-likeness (QED) is 0.381. The van der Waals surface area contributed by atoms with Crippen LogP contribution in [0.25, 0.3) is 10.9 Å². The van der Waals surface area contributed by atoms with Crippen molar-refractivity contribution >= 4 is 34.5 Å². The molecule has 162 valence electrons. The molecule has 0 fully saturated rings. The van der Waals surface area contributed by atoms with E-state index >= 15 is 0 Å². The van der Waals surface area contributed by atoms with Crippen LogP contribution in [0.15, 0.2) is 30.5 Å². The minimum atomic E-state index is -0.864. The number of amides is 4. The zero-order valence-electron chi connectivity index (χ0n) is 17.5. The van der Waals surface area contributed by atoms with Gasteiger partial charge in [0, 0.05) is 30.4 Å². The number of aromatic amines is 1. The van der Waals surface area contributed by atoms with Gasteiger partial charge in [-0.2, -0.15) is 0 Å². The Kier molecular flexibility index (Phi) is 7.97. The molecule has 0 aliphatic rings. The molecule has 0 bridgehead atoms. The van der Waals surface area contributed by atoms with E-state index in [0.29, 0.717) is 6.42 Å². The van der Waals surface area contributed by atoms with Crippen molar-refractivity contribution in [1.82, 2.24) is 20.9 Å². The lowest BCUT2D eigenvalue weighted by Crippen LogP contribution is -2.56. The van der Waals surface area contributed by atoms with E-state index in [0.717, 1.165) is 16.5 Å². The first kappa shape index (κ1) is 22.9. The first-order chi connectivity index (χ1) is 14.2. The normalized spacial score (nSPS) is 13.8. The van der Waals surface area contributed by atoms with E-state index in [9.17, 15) is 19.2 Å². The average molecular weight is 415 g/mol. The highest BCUT2D eigenvalue weighted by Gasteiger charge is 2.30. The van der Waals surface area contributed by atoms with Gasteiger partial charge in [0.15, 0.2) is 0 Å². The van der Waals surface area contributed by atoms with Gasteiger partial charge < -0.3 is 26.7 Å². The van der Waals surface area contributed by atoms with E-state index in [2.05, 4.69) is 20.9 Å². The van der Waals surface area contributed by atoms with Gasteiger partial charge in [0.2, 0.25) is 23.6 Å². The van der Waals surface area contributed by atoms with Crippen LogP contribution in [0.1, 0.15) is 32.8 Å². The number of hydrogen-bond donors (Lipinski definition) is 5.